The number of allylic oxidation sites excluding steroid dienone is 1. The number of fused-ring (bicyclic) bond motifs is 1. The summed E-state index contributed by atoms with van der Waals surface area (Å²) in [4.78, 5) is 17.4. The van der Waals surface area contributed by atoms with Crippen molar-refractivity contribution in [3.8, 4) is 0 Å². The van der Waals surface area contributed by atoms with Gasteiger partial charge in [0.1, 0.15) is 11.5 Å². The summed E-state index contributed by atoms with van der Waals surface area (Å²) in [6.45, 7) is 8.63. The molecule has 0 aromatic carbocycles. The zero-order valence-corrected chi connectivity index (χ0v) is 20.5. The summed E-state index contributed by atoms with van der Waals surface area (Å²) >= 11 is 0. The Balaban J connectivity index is 1.52. The highest BCUT2D eigenvalue weighted by atomic mass is 16.3. The Morgan fingerprint density at radius 2 is 1.91 bits per heavy atom. The van der Waals surface area contributed by atoms with Crippen molar-refractivity contribution in [2.24, 2.45) is 10.9 Å². The third-order valence-corrected chi connectivity index (χ3v) is 8.42. The molecule has 2 aromatic rings. The first-order chi connectivity index (χ1) is 15.9. The van der Waals surface area contributed by atoms with Gasteiger partial charge in [0.15, 0.2) is 0 Å². The van der Waals surface area contributed by atoms with Gasteiger partial charge in [-0.05, 0) is 58.5 Å². The van der Waals surface area contributed by atoms with Gasteiger partial charge in [-0.1, -0.05) is 19.1 Å². The summed E-state index contributed by atoms with van der Waals surface area (Å²) in [5.74, 6) is 1.52. The van der Waals surface area contributed by atoms with E-state index in [1.54, 1.807) is 0 Å². The average Bonchev–Trinajstić information content (AvgIpc) is 3.20. The van der Waals surface area contributed by atoms with Gasteiger partial charge in [-0.3, -0.25) is 14.3 Å². The number of imidazole rings is 1. The van der Waals surface area contributed by atoms with Crippen LogP contribution in [0.3, 0.4) is 0 Å². The predicted molar refractivity (Wildman–Crippen MR) is 134 cm³/mol. The van der Waals surface area contributed by atoms with Crippen molar-refractivity contribution in [1.82, 2.24) is 19.2 Å². The molecule has 7 heteroatoms. The van der Waals surface area contributed by atoms with Crippen molar-refractivity contribution < 1.29 is 5.11 Å². The van der Waals surface area contributed by atoms with Crippen LogP contribution in [0.2, 0.25) is 0 Å². The number of hydrogen-bond acceptors (Lipinski definition) is 6. The Labute approximate surface area is 197 Å². The van der Waals surface area contributed by atoms with Crippen molar-refractivity contribution in [1.29, 1.82) is 0 Å². The van der Waals surface area contributed by atoms with Crippen LogP contribution >= 0.6 is 0 Å². The Hall–Kier alpha value is -2.22. The SMILES string of the molecule is CC1C=CC=NC1(C)[C@@H]1CCC[C@H](c2nc3cccc(N4CCN(C)CC4)n3c2CO)N1C. The lowest BCUT2D eigenvalue weighted by atomic mass is 9.74. The summed E-state index contributed by atoms with van der Waals surface area (Å²) in [6, 6.07) is 6.85. The number of anilines is 1. The number of piperidine rings is 1. The third-order valence-electron chi connectivity index (χ3n) is 8.42. The molecule has 3 aliphatic heterocycles. The first-order valence-corrected chi connectivity index (χ1v) is 12.4. The summed E-state index contributed by atoms with van der Waals surface area (Å²) in [5, 5.41) is 10.6. The number of nitrogens with zero attached hydrogens (tertiary/aromatic N) is 6. The molecule has 2 fully saturated rings. The maximum Gasteiger partial charge on any atom is 0.138 e. The van der Waals surface area contributed by atoms with Crippen LogP contribution in [0, 0.1) is 5.92 Å². The van der Waals surface area contributed by atoms with Crippen molar-refractivity contribution in [2.75, 3.05) is 45.2 Å². The molecule has 0 saturated carbocycles. The third kappa shape index (κ3) is 3.80. The van der Waals surface area contributed by atoms with Crippen LogP contribution in [0.5, 0.6) is 0 Å². The number of likely N-dealkylation sites (N-methyl/N-ethyl adjacent to an activating group) is 2. The molecule has 0 spiro atoms. The second-order valence-corrected chi connectivity index (χ2v) is 10.3. The van der Waals surface area contributed by atoms with Crippen LogP contribution in [0.25, 0.3) is 5.65 Å². The Kier molecular flexibility index (Phi) is 6.05. The van der Waals surface area contributed by atoms with E-state index in [4.69, 9.17) is 9.98 Å². The lowest BCUT2D eigenvalue weighted by Gasteiger charge is -2.49. The zero-order valence-electron chi connectivity index (χ0n) is 20.5. The van der Waals surface area contributed by atoms with E-state index in [1.807, 2.05) is 6.21 Å². The molecule has 2 aromatic heterocycles. The second kappa shape index (κ2) is 8.85. The average molecular weight is 451 g/mol. The molecule has 3 aliphatic rings. The Morgan fingerprint density at radius 1 is 1.12 bits per heavy atom. The molecule has 2 unspecified atom stereocenters. The molecule has 0 radical (unpaired) electrons. The zero-order chi connectivity index (χ0) is 23.2. The number of hydrogen-bond donors (Lipinski definition) is 1. The van der Waals surface area contributed by atoms with E-state index in [1.165, 1.54) is 0 Å². The first-order valence-electron chi connectivity index (χ1n) is 12.4. The van der Waals surface area contributed by atoms with Gasteiger partial charge in [-0.15, -0.1) is 0 Å². The molecule has 0 bridgehead atoms. The number of aliphatic hydroxyl groups is 1. The number of aliphatic hydroxyl groups excluding tert-OH is 1. The number of dihydropyridines is 1. The van der Waals surface area contributed by atoms with Crippen LogP contribution < -0.4 is 4.90 Å². The van der Waals surface area contributed by atoms with Crippen LogP contribution in [0.4, 0.5) is 5.82 Å². The molecule has 7 nitrogen and oxygen atoms in total. The van der Waals surface area contributed by atoms with Crippen molar-refractivity contribution in [3.63, 3.8) is 0 Å². The van der Waals surface area contributed by atoms with Gasteiger partial charge in [-0.25, -0.2) is 4.98 Å². The molecule has 0 amide bonds. The molecule has 178 valence electrons. The summed E-state index contributed by atoms with van der Waals surface area (Å²) in [5.41, 5.74) is 2.74. The Bertz CT molecular complexity index is 1050. The van der Waals surface area contributed by atoms with Crippen molar-refractivity contribution >= 4 is 17.7 Å². The van der Waals surface area contributed by atoms with Gasteiger partial charge < -0.3 is 14.9 Å². The number of pyridine rings is 1. The van der Waals surface area contributed by atoms with Gasteiger partial charge in [0, 0.05) is 44.4 Å². The lowest BCUT2D eigenvalue weighted by molar-refractivity contribution is 0.0482. The minimum Gasteiger partial charge on any atom is -0.390 e. The van der Waals surface area contributed by atoms with Gasteiger partial charge in [0.05, 0.1) is 29.6 Å². The highest BCUT2D eigenvalue weighted by Gasteiger charge is 2.45. The van der Waals surface area contributed by atoms with Gasteiger partial charge in [0.25, 0.3) is 0 Å². The molecule has 33 heavy (non-hydrogen) atoms. The molecular formula is C26H38N6O. The highest BCUT2D eigenvalue weighted by molar-refractivity contribution is 5.73. The van der Waals surface area contributed by atoms with Gasteiger partial charge in [0.2, 0.25) is 0 Å². The maximum absolute atomic E-state index is 10.6. The predicted octanol–water partition coefficient (Wildman–Crippen LogP) is 3.14. The van der Waals surface area contributed by atoms with Crippen LogP contribution in [-0.2, 0) is 6.61 Å². The van der Waals surface area contributed by atoms with E-state index < -0.39 is 0 Å². The largest absolute Gasteiger partial charge is 0.390 e. The number of likely N-dealkylation sites (tertiary alicyclic amines) is 1. The topological polar surface area (TPSA) is 59.6 Å². The smallest absolute Gasteiger partial charge is 0.138 e. The van der Waals surface area contributed by atoms with E-state index in [0.717, 1.165) is 68.3 Å². The van der Waals surface area contributed by atoms with Crippen molar-refractivity contribution in [3.05, 3.63) is 41.7 Å². The van der Waals surface area contributed by atoms with E-state index in [2.05, 4.69) is 77.4 Å². The van der Waals surface area contributed by atoms with Crippen LogP contribution in [0.15, 0.2) is 35.3 Å². The van der Waals surface area contributed by atoms with Gasteiger partial charge in [-0.2, -0.15) is 0 Å². The van der Waals surface area contributed by atoms with E-state index in [9.17, 15) is 5.11 Å². The number of piperazine rings is 1. The minimum absolute atomic E-state index is 0.00910. The molecule has 1 N–H and O–H groups in total. The molecule has 4 atom stereocenters. The normalized spacial score (nSPS) is 31.5. The fourth-order valence-corrected chi connectivity index (χ4v) is 6.14. The maximum atomic E-state index is 10.6. The summed E-state index contributed by atoms with van der Waals surface area (Å²) < 4.78 is 2.20. The summed E-state index contributed by atoms with van der Waals surface area (Å²) in [6.07, 6.45) is 9.63. The van der Waals surface area contributed by atoms with E-state index in [-0.39, 0.29) is 18.2 Å². The number of aromatic nitrogens is 2. The monoisotopic (exact) mass is 450 g/mol. The summed E-state index contributed by atoms with van der Waals surface area (Å²) in [7, 11) is 4.40. The molecular weight excluding hydrogens is 412 g/mol. The molecule has 2 saturated heterocycles. The van der Waals surface area contributed by atoms with Gasteiger partial charge >= 0.3 is 0 Å². The fourth-order valence-electron chi connectivity index (χ4n) is 6.14. The Morgan fingerprint density at radius 3 is 2.64 bits per heavy atom. The van der Waals surface area contributed by atoms with E-state index >= 15 is 0 Å². The van der Waals surface area contributed by atoms with Crippen molar-refractivity contribution in [2.45, 2.75) is 57.3 Å². The van der Waals surface area contributed by atoms with Crippen LogP contribution in [0.1, 0.15) is 50.5 Å². The molecule has 0 aliphatic carbocycles. The van der Waals surface area contributed by atoms with E-state index in [0.29, 0.717) is 12.0 Å². The lowest BCUT2D eigenvalue weighted by Crippen LogP contribution is -2.55. The van der Waals surface area contributed by atoms with Crippen LogP contribution in [-0.4, -0.2) is 82.4 Å². The quantitative estimate of drug-likeness (QED) is 0.776. The first kappa shape index (κ1) is 22.6. The highest BCUT2D eigenvalue weighted by Crippen LogP contribution is 2.43. The fraction of sp³-hybridized carbons (Fsp3) is 0.615. The number of rotatable bonds is 4. The standard InChI is InChI=1S/C26H38N6O/c1-19-8-7-13-27-26(19,2)22-10-5-9-20(30(22)4)25-21(18-33)32-23(28-25)11-6-12-24(32)31-16-14-29(3)15-17-31/h6-8,11-13,19-20,22,33H,5,9-10,14-18H2,1-4H3/t19?,20-,22+,26?/m1/s1. The second-order valence-electron chi connectivity index (χ2n) is 10.3. The minimum atomic E-state index is -0.147. The molecule has 5 heterocycles. The number of aliphatic imine (C=N–C) groups is 1. The molecule has 5 rings (SSSR count).